The van der Waals surface area contributed by atoms with Gasteiger partial charge in [0.25, 0.3) is 5.91 Å². The van der Waals surface area contributed by atoms with Crippen molar-refractivity contribution in [1.29, 1.82) is 0 Å². The Hall–Kier alpha value is -3.37. The summed E-state index contributed by atoms with van der Waals surface area (Å²) in [6, 6.07) is 11.0. The van der Waals surface area contributed by atoms with Gasteiger partial charge >= 0.3 is 0 Å². The van der Waals surface area contributed by atoms with E-state index in [2.05, 4.69) is 37.6 Å². The molecule has 2 aromatic heterocycles. The number of H-pyrrole nitrogens is 1. The molecule has 1 amide bonds. The highest BCUT2D eigenvalue weighted by Crippen LogP contribution is 2.24. The Labute approximate surface area is 216 Å². The maximum Gasteiger partial charge on any atom is 0.253 e. The summed E-state index contributed by atoms with van der Waals surface area (Å²) < 4.78 is 0. The van der Waals surface area contributed by atoms with Gasteiger partial charge in [0.2, 0.25) is 5.95 Å². The van der Waals surface area contributed by atoms with E-state index < -0.39 is 0 Å². The van der Waals surface area contributed by atoms with Gasteiger partial charge in [0.1, 0.15) is 11.6 Å². The number of aromatic nitrogens is 4. The number of aromatic amines is 1. The summed E-state index contributed by atoms with van der Waals surface area (Å²) in [5.41, 5.74) is 1.61. The number of aryl methyl sites for hydroxylation is 1. The molecule has 2 aliphatic rings. The van der Waals surface area contributed by atoms with E-state index in [1.807, 2.05) is 24.0 Å². The Balaban J connectivity index is 1.31. The van der Waals surface area contributed by atoms with E-state index in [4.69, 9.17) is 21.6 Å². The van der Waals surface area contributed by atoms with Crippen LogP contribution in [0.15, 0.2) is 36.4 Å². The van der Waals surface area contributed by atoms with E-state index >= 15 is 0 Å². The van der Waals surface area contributed by atoms with Crippen LogP contribution in [-0.2, 0) is 0 Å². The van der Waals surface area contributed by atoms with Gasteiger partial charge in [-0.25, -0.2) is 0 Å². The molecule has 4 heterocycles. The molecular weight excluding hydrogens is 478 g/mol. The second-order valence-corrected chi connectivity index (χ2v) is 9.74. The van der Waals surface area contributed by atoms with Gasteiger partial charge in [-0.05, 0) is 44.2 Å². The first-order valence-corrected chi connectivity index (χ1v) is 12.8. The van der Waals surface area contributed by atoms with Crippen LogP contribution in [0.3, 0.4) is 0 Å². The number of nitrogens with one attached hydrogen (secondary N) is 3. The van der Waals surface area contributed by atoms with Gasteiger partial charge in [-0.3, -0.25) is 9.89 Å². The number of rotatable bonds is 7. The molecule has 190 valence electrons. The second kappa shape index (κ2) is 10.7. The number of piperazine rings is 1. The van der Waals surface area contributed by atoms with Crippen LogP contribution in [0, 0.1) is 6.92 Å². The summed E-state index contributed by atoms with van der Waals surface area (Å²) >= 11 is 5.97. The largest absolute Gasteiger partial charge is 0.354 e. The van der Waals surface area contributed by atoms with Gasteiger partial charge in [0, 0.05) is 73.7 Å². The number of hydrogen-bond donors (Lipinski definition) is 3. The molecule has 2 saturated heterocycles. The lowest BCUT2D eigenvalue weighted by Crippen LogP contribution is -2.46. The molecule has 0 saturated carbocycles. The average Bonchev–Trinajstić information content (AvgIpc) is 3.52. The highest BCUT2D eigenvalue weighted by Gasteiger charge is 2.28. The summed E-state index contributed by atoms with van der Waals surface area (Å²) in [5, 5.41) is 14.6. The number of anilines is 4. The van der Waals surface area contributed by atoms with Crippen LogP contribution >= 0.6 is 11.6 Å². The second-order valence-electron chi connectivity index (χ2n) is 9.31. The van der Waals surface area contributed by atoms with Crippen LogP contribution in [0.5, 0.6) is 0 Å². The molecule has 3 aromatic rings. The third-order valence-electron chi connectivity index (χ3n) is 6.72. The first kappa shape index (κ1) is 24.3. The van der Waals surface area contributed by atoms with Crippen molar-refractivity contribution in [3.63, 3.8) is 0 Å². The van der Waals surface area contributed by atoms with Crippen molar-refractivity contribution in [1.82, 2.24) is 30.0 Å². The van der Waals surface area contributed by atoms with Crippen LogP contribution in [0.2, 0.25) is 5.02 Å². The summed E-state index contributed by atoms with van der Waals surface area (Å²) in [7, 11) is 0. The Morgan fingerprint density at radius 3 is 2.56 bits per heavy atom. The molecule has 11 heteroatoms. The van der Waals surface area contributed by atoms with Crippen LogP contribution in [0.4, 0.5) is 23.4 Å². The molecule has 36 heavy (non-hydrogen) atoms. The van der Waals surface area contributed by atoms with Gasteiger partial charge in [-0.15, -0.1) is 0 Å². The number of halogens is 1. The molecule has 2 aliphatic heterocycles. The summed E-state index contributed by atoms with van der Waals surface area (Å²) in [5.74, 6) is 2.82. The average molecular weight is 510 g/mol. The number of carbonyl (C=O) groups excluding carboxylic acids is 1. The van der Waals surface area contributed by atoms with Crippen LogP contribution in [-0.4, -0.2) is 87.7 Å². The molecule has 0 bridgehead atoms. The number of nitrogens with zero attached hydrogens (tertiary/aromatic N) is 6. The number of carbonyl (C=O) groups is 1. The van der Waals surface area contributed by atoms with Gasteiger partial charge < -0.3 is 25.3 Å². The molecule has 0 spiro atoms. The summed E-state index contributed by atoms with van der Waals surface area (Å²) in [6.45, 7) is 10.3. The van der Waals surface area contributed by atoms with Crippen molar-refractivity contribution in [3.05, 3.63) is 52.7 Å². The quantitative estimate of drug-likeness (QED) is 0.445. The molecular formula is C25H32ClN9O. The summed E-state index contributed by atoms with van der Waals surface area (Å²) in [4.78, 5) is 29.1. The molecule has 0 unspecified atom stereocenters. The van der Waals surface area contributed by atoms with E-state index in [9.17, 15) is 4.79 Å². The minimum atomic E-state index is 0.00990. The van der Waals surface area contributed by atoms with E-state index in [0.29, 0.717) is 41.3 Å². The molecule has 0 radical (unpaired) electrons. The molecule has 1 aromatic carbocycles. The lowest BCUT2D eigenvalue weighted by Gasteiger charge is -2.35. The number of benzene rings is 1. The van der Waals surface area contributed by atoms with Gasteiger partial charge in [-0.2, -0.15) is 15.1 Å². The Kier molecular flexibility index (Phi) is 7.24. The smallest absolute Gasteiger partial charge is 0.253 e. The number of likely N-dealkylation sites (N-methyl/N-ethyl adjacent to an activating group) is 1. The Bertz CT molecular complexity index is 1190. The van der Waals surface area contributed by atoms with Crippen LogP contribution < -0.4 is 15.5 Å². The molecule has 2 fully saturated rings. The molecule has 0 aliphatic carbocycles. The molecule has 5 rings (SSSR count). The van der Waals surface area contributed by atoms with E-state index in [-0.39, 0.29) is 11.9 Å². The van der Waals surface area contributed by atoms with Crippen molar-refractivity contribution in [2.75, 3.05) is 61.3 Å². The molecule has 10 nitrogen and oxygen atoms in total. The number of hydrogen-bond acceptors (Lipinski definition) is 8. The lowest BCUT2D eigenvalue weighted by atomic mass is 10.2. The summed E-state index contributed by atoms with van der Waals surface area (Å²) in [6.07, 6.45) is 0.823. The minimum Gasteiger partial charge on any atom is -0.354 e. The lowest BCUT2D eigenvalue weighted by molar-refractivity contribution is 0.0791. The molecule has 3 N–H and O–H groups in total. The maximum atomic E-state index is 12.9. The van der Waals surface area contributed by atoms with Crippen LogP contribution in [0.25, 0.3) is 0 Å². The third-order valence-corrected chi connectivity index (χ3v) is 6.97. The fourth-order valence-electron chi connectivity index (χ4n) is 4.65. The first-order valence-electron chi connectivity index (χ1n) is 12.4. The van der Waals surface area contributed by atoms with E-state index in [0.717, 1.165) is 50.7 Å². The zero-order valence-electron chi connectivity index (χ0n) is 20.7. The van der Waals surface area contributed by atoms with Crippen molar-refractivity contribution in [3.8, 4) is 0 Å². The van der Waals surface area contributed by atoms with Crippen LogP contribution in [0.1, 0.15) is 29.4 Å². The number of amides is 1. The van der Waals surface area contributed by atoms with Gasteiger partial charge in [0.05, 0.1) is 0 Å². The Morgan fingerprint density at radius 2 is 1.86 bits per heavy atom. The van der Waals surface area contributed by atoms with Gasteiger partial charge in [0.15, 0.2) is 5.82 Å². The fourth-order valence-corrected chi connectivity index (χ4v) is 4.78. The standard InChI is InChI=1S/C25H32ClN9O/c1-3-33-10-12-34(13-11-33)23-15-21(28-22-14-17(2)31-32-22)29-25(30-23)27-20-8-9-35(16-20)24(36)18-4-6-19(26)7-5-18/h4-7,14-15,20H,3,8-13,16H2,1-2H3,(H3,27,28,29,30,31,32)/t20-/m0/s1. The van der Waals surface area contributed by atoms with Crippen molar-refractivity contribution < 1.29 is 4.79 Å². The monoisotopic (exact) mass is 509 g/mol. The maximum absolute atomic E-state index is 12.9. The Morgan fingerprint density at radius 1 is 1.08 bits per heavy atom. The minimum absolute atomic E-state index is 0.00990. The predicted molar refractivity (Wildman–Crippen MR) is 142 cm³/mol. The SMILES string of the molecule is CCN1CCN(c2cc(Nc3cc(C)[nH]n3)nc(N[C@H]3CCN(C(=O)c4ccc(Cl)cc4)C3)n2)CC1. The van der Waals surface area contributed by atoms with Gasteiger partial charge in [-0.1, -0.05) is 18.5 Å². The van der Waals surface area contributed by atoms with Crippen molar-refractivity contribution in [2.45, 2.75) is 26.3 Å². The highest BCUT2D eigenvalue weighted by atomic mass is 35.5. The molecule has 1 atom stereocenters. The number of likely N-dealkylation sites (tertiary alicyclic amines) is 1. The fraction of sp³-hybridized carbons (Fsp3) is 0.440. The highest BCUT2D eigenvalue weighted by molar-refractivity contribution is 6.30. The first-order chi connectivity index (χ1) is 17.5. The predicted octanol–water partition coefficient (Wildman–Crippen LogP) is 3.37. The van der Waals surface area contributed by atoms with Crippen molar-refractivity contribution >= 4 is 40.9 Å². The topological polar surface area (TPSA) is 105 Å². The zero-order chi connectivity index (χ0) is 25.1. The normalized spacial score (nSPS) is 18.5. The van der Waals surface area contributed by atoms with E-state index in [1.165, 1.54) is 0 Å². The van der Waals surface area contributed by atoms with E-state index in [1.54, 1.807) is 24.3 Å². The zero-order valence-corrected chi connectivity index (χ0v) is 21.4. The van der Waals surface area contributed by atoms with Crippen molar-refractivity contribution in [2.24, 2.45) is 0 Å². The third kappa shape index (κ3) is 5.71.